The highest BCUT2D eigenvalue weighted by Crippen LogP contribution is 2.26. The van der Waals surface area contributed by atoms with Crippen molar-refractivity contribution in [2.75, 3.05) is 0 Å². The monoisotopic (exact) mass is 182 g/mol. The Morgan fingerprint density at radius 1 is 1.38 bits per heavy atom. The first-order chi connectivity index (χ1) is 5.85. The first-order valence-electron chi connectivity index (χ1n) is 4.97. The van der Waals surface area contributed by atoms with E-state index < -0.39 is 0 Å². The molecular formula is C12H22O. The standard InChI is InChI=1S/C12H22O/c1-10(8-12(3,4)5)6-7-11(2)9-13/h7,9-10H,6,8H2,1-5H3/b11-7+. The number of carbonyl (C=O) groups excluding carboxylic acids is 1. The van der Waals surface area contributed by atoms with Gasteiger partial charge >= 0.3 is 0 Å². The molecule has 1 unspecified atom stereocenters. The third-order valence-corrected chi connectivity index (χ3v) is 1.99. The summed E-state index contributed by atoms with van der Waals surface area (Å²) in [6.07, 6.45) is 5.17. The van der Waals surface area contributed by atoms with Crippen molar-refractivity contribution in [3.8, 4) is 0 Å². The minimum Gasteiger partial charge on any atom is -0.298 e. The number of rotatable bonds is 4. The minimum absolute atomic E-state index is 0.391. The van der Waals surface area contributed by atoms with Gasteiger partial charge in [0.25, 0.3) is 0 Å². The van der Waals surface area contributed by atoms with Crippen LogP contribution >= 0.6 is 0 Å². The highest BCUT2D eigenvalue weighted by Gasteiger charge is 2.14. The lowest BCUT2D eigenvalue weighted by Gasteiger charge is -2.22. The molecule has 76 valence electrons. The van der Waals surface area contributed by atoms with Crippen LogP contribution < -0.4 is 0 Å². The zero-order valence-electron chi connectivity index (χ0n) is 9.55. The molecule has 1 heteroatoms. The Balaban J connectivity index is 3.89. The van der Waals surface area contributed by atoms with Crippen LogP contribution in [0.15, 0.2) is 11.6 Å². The van der Waals surface area contributed by atoms with E-state index in [2.05, 4.69) is 27.7 Å². The summed E-state index contributed by atoms with van der Waals surface area (Å²) in [6.45, 7) is 10.8. The first kappa shape index (κ1) is 12.4. The van der Waals surface area contributed by atoms with E-state index in [1.807, 2.05) is 13.0 Å². The molecule has 0 heterocycles. The van der Waals surface area contributed by atoms with Gasteiger partial charge < -0.3 is 0 Å². The molecule has 0 aliphatic heterocycles. The normalized spacial score (nSPS) is 15.6. The third-order valence-electron chi connectivity index (χ3n) is 1.99. The van der Waals surface area contributed by atoms with Gasteiger partial charge in [0.1, 0.15) is 6.29 Å². The highest BCUT2D eigenvalue weighted by molar-refractivity contribution is 5.71. The Bertz CT molecular complexity index is 184. The number of carbonyl (C=O) groups is 1. The number of hydrogen-bond acceptors (Lipinski definition) is 1. The molecule has 0 amide bonds. The number of aldehydes is 1. The van der Waals surface area contributed by atoms with Crippen molar-refractivity contribution in [1.82, 2.24) is 0 Å². The minimum atomic E-state index is 0.391. The molecule has 13 heavy (non-hydrogen) atoms. The van der Waals surface area contributed by atoms with Crippen molar-refractivity contribution < 1.29 is 4.79 Å². The van der Waals surface area contributed by atoms with E-state index in [1.165, 1.54) is 6.42 Å². The van der Waals surface area contributed by atoms with Crippen LogP contribution in [0.2, 0.25) is 0 Å². The van der Waals surface area contributed by atoms with E-state index in [1.54, 1.807) is 0 Å². The van der Waals surface area contributed by atoms with E-state index in [-0.39, 0.29) is 0 Å². The molecule has 0 rings (SSSR count). The Morgan fingerprint density at radius 2 is 1.92 bits per heavy atom. The zero-order chi connectivity index (χ0) is 10.5. The van der Waals surface area contributed by atoms with Crippen LogP contribution in [0.1, 0.15) is 47.5 Å². The predicted molar refractivity (Wildman–Crippen MR) is 57.7 cm³/mol. The SMILES string of the molecule is C/C(C=O)=C\CC(C)CC(C)(C)C. The van der Waals surface area contributed by atoms with Gasteiger partial charge in [-0.25, -0.2) is 0 Å². The fourth-order valence-corrected chi connectivity index (χ4v) is 1.56. The van der Waals surface area contributed by atoms with Crippen LogP contribution in [0.5, 0.6) is 0 Å². The molecule has 0 bridgehead atoms. The Kier molecular flexibility index (Phi) is 4.97. The topological polar surface area (TPSA) is 17.1 Å². The van der Waals surface area contributed by atoms with Crippen molar-refractivity contribution in [2.45, 2.75) is 47.5 Å². The van der Waals surface area contributed by atoms with Crippen molar-refractivity contribution in [3.05, 3.63) is 11.6 Å². The van der Waals surface area contributed by atoms with Gasteiger partial charge in [0.15, 0.2) is 0 Å². The molecule has 0 aromatic carbocycles. The Labute approximate surface area is 82.2 Å². The van der Waals surface area contributed by atoms with E-state index in [0.29, 0.717) is 11.3 Å². The van der Waals surface area contributed by atoms with Crippen molar-refractivity contribution in [2.24, 2.45) is 11.3 Å². The van der Waals surface area contributed by atoms with Gasteiger partial charge in [-0.05, 0) is 36.7 Å². The highest BCUT2D eigenvalue weighted by atomic mass is 16.1. The van der Waals surface area contributed by atoms with Gasteiger partial charge in [-0.3, -0.25) is 4.79 Å². The molecule has 0 aromatic heterocycles. The maximum absolute atomic E-state index is 10.3. The Hall–Kier alpha value is -0.590. The lowest BCUT2D eigenvalue weighted by atomic mass is 9.84. The molecule has 0 saturated heterocycles. The van der Waals surface area contributed by atoms with Crippen LogP contribution in [-0.4, -0.2) is 6.29 Å². The molecule has 0 aliphatic rings. The van der Waals surface area contributed by atoms with Crippen LogP contribution in [0.4, 0.5) is 0 Å². The second-order valence-corrected chi connectivity index (χ2v) is 5.17. The number of allylic oxidation sites excluding steroid dienone is 2. The summed E-state index contributed by atoms with van der Waals surface area (Å²) in [4.78, 5) is 10.3. The summed E-state index contributed by atoms with van der Waals surface area (Å²) >= 11 is 0. The summed E-state index contributed by atoms with van der Waals surface area (Å²) in [7, 11) is 0. The second kappa shape index (κ2) is 5.21. The molecule has 0 saturated carbocycles. The third kappa shape index (κ3) is 7.76. The molecule has 0 aliphatic carbocycles. The zero-order valence-corrected chi connectivity index (χ0v) is 9.55. The average Bonchev–Trinajstić information content (AvgIpc) is 1.97. The van der Waals surface area contributed by atoms with Crippen LogP contribution in [-0.2, 0) is 4.79 Å². The van der Waals surface area contributed by atoms with Gasteiger partial charge in [-0.15, -0.1) is 0 Å². The largest absolute Gasteiger partial charge is 0.298 e. The number of hydrogen-bond donors (Lipinski definition) is 0. The molecule has 0 spiro atoms. The van der Waals surface area contributed by atoms with E-state index in [0.717, 1.165) is 18.3 Å². The fraction of sp³-hybridized carbons (Fsp3) is 0.750. The van der Waals surface area contributed by atoms with E-state index >= 15 is 0 Å². The summed E-state index contributed by atoms with van der Waals surface area (Å²) in [6, 6.07) is 0. The summed E-state index contributed by atoms with van der Waals surface area (Å²) < 4.78 is 0. The maximum Gasteiger partial charge on any atom is 0.145 e. The van der Waals surface area contributed by atoms with Gasteiger partial charge in [-0.2, -0.15) is 0 Å². The van der Waals surface area contributed by atoms with Crippen LogP contribution in [0, 0.1) is 11.3 Å². The average molecular weight is 182 g/mol. The summed E-state index contributed by atoms with van der Waals surface area (Å²) in [5.74, 6) is 0.662. The predicted octanol–water partition coefficient (Wildman–Crippen LogP) is 3.59. The van der Waals surface area contributed by atoms with Gasteiger partial charge in [0, 0.05) is 0 Å². The second-order valence-electron chi connectivity index (χ2n) is 5.17. The molecule has 0 fully saturated rings. The van der Waals surface area contributed by atoms with E-state index in [9.17, 15) is 4.79 Å². The molecular weight excluding hydrogens is 160 g/mol. The van der Waals surface area contributed by atoms with Gasteiger partial charge in [-0.1, -0.05) is 33.8 Å². The lowest BCUT2D eigenvalue weighted by Crippen LogP contribution is -2.10. The van der Waals surface area contributed by atoms with Gasteiger partial charge in [0.05, 0.1) is 0 Å². The van der Waals surface area contributed by atoms with Crippen molar-refractivity contribution in [3.63, 3.8) is 0 Å². The fourth-order valence-electron chi connectivity index (χ4n) is 1.56. The van der Waals surface area contributed by atoms with E-state index in [4.69, 9.17) is 0 Å². The maximum atomic E-state index is 10.3. The quantitative estimate of drug-likeness (QED) is 0.479. The van der Waals surface area contributed by atoms with Crippen molar-refractivity contribution >= 4 is 6.29 Å². The summed E-state index contributed by atoms with van der Waals surface area (Å²) in [5, 5.41) is 0. The molecule has 0 N–H and O–H groups in total. The smallest absolute Gasteiger partial charge is 0.145 e. The first-order valence-corrected chi connectivity index (χ1v) is 4.97. The molecule has 1 atom stereocenters. The van der Waals surface area contributed by atoms with Crippen LogP contribution in [0.3, 0.4) is 0 Å². The molecule has 0 radical (unpaired) electrons. The summed E-state index contributed by atoms with van der Waals surface area (Å²) in [5.41, 5.74) is 1.24. The van der Waals surface area contributed by atoms with Gasteiger partial charge in [0.2, 0.25) is 0 Å². The molecule has 0 aromatic rings. The van der Waals surface area contributed by atoms with Crippen LogP contribution in [0.25, 0.3) is 0 Å². The van der Waals surface area contributed by atoms with Crippen molar-refractivity contribution in [1.29, 1.82) is 0 Å². The molecule has 1 nitrogen and oxygen atoms in total. The Morgan fingerprint density at radius 3 is 2.31 bits per heavy atom. The lowest BCUT2D eigenvalue weighted by molar-refractivity contribution is -0.104.